The van der Waals surface area contributed by atoms with Crippen LogP contribution in [0.25, 0.3) is 232 Å². The molecule has 0 radical (unpaired) electrons. The van der Waals surface area contributed by atoms with Gasteiger partial charge in [-0.3, -0.25) is 4.57 Å². The third-order valence-corrected chi connectivity index (χ3v) is 24.8. The van der Waals surface area contributed by atoms with E-state index in [9.17, 15) is 0 Å². The molecule has 0 unspecified atom stereocenters. The molecule has 0 atom stereocenters. The zero-order chi connectivity index (χ0) is 77.2. The number of hydrogen-bond acceptors (Lipinski definition) is 2. The molecule has 18 aromatic carbocycles. The molecule has 0 aliphatic rings. The number of aromatic nitrogens is 8. The Morgan fingerprint density at radius 1 is 0.136 bits per heavy atom. The highest BCUT2D eigenvalue weighted by atomic mass is 15.1. The fourth-order valence-corrected chi connectivity index (χ4v) is 19.4. The SMILES string of the molecule is c1ccc(-c2nc(-n3c4cc(-c5ccc6c(c5)c5ccccc5n6-c5ccccc5)ccc4c4ccc(-c5ccc6c(c5)c5ccccc5n6-c5ccccc5)cc43)c3cc(-n4c5cc(-c6ccc7c(c6)c6ccccc6n7-c6ccccc6)ccc5c5ccc(-c6ccc7c(c6)c6ccccc6n7-c6ccccc6)cc54)ccc3n2)cc1. The van der Waals surface area contributed by atoms with Gasteiger partial charge in [-0.25, -0.2) is 9.97 Å². The van der Waals surface area contributed by atoms with Crippen LogP contribution in [0, 0.1) is 0 Å². The lowest BCUT2D eigenvalue weighted by Crippen LogP contribution is -2.04. The topological polar surface area (TPSA) is 55.4 Å². The largest absolute Gasteiger partial charge is 0.309 e. The van der Waals surface area contributed by atoms with E-state index >= 15 is 0 Å². The molecule has 7 aromatic heterocycles. The fraction of sp³-hybridized carbons (Fsp3) is 0. The molecule has 0 spiro atoms. The molecule has 0 saturated carbocycles. The second-order valence-corrected chi connectivity index (χ2v) is 31.2. The minimum absolute atomic E-state index is 0.637. The van der Waals surface area contributed by atoms with Gasteiger partial charge in [0.1, 0.15) is 5.82 Å². The smallest absolute Gasteiger partial charge is 0.162 e. The summed E-state index contributed by atoms with van der Waals surface area (Å²) >= 11 is 0. The Morgan fingerprint density at radius 2 is 0.390 bits per heavy atom. The number of benzene rings is 18. The Kier molecular flexibility index (Phi) is 14.4. The summed E-state index contributed by atoms with van der Waals surface area (Å²) in [6.45, 7) is 0. The highest BCUT2D eigenvalue weighted by Gasteiger charge is 2.26. The van der Waals surface area contributed by atoms with E-state index in [1.165, 1.54) is 65.2 Å². The molecule has 0 amide bonds. The summed E-state index contributed by atoms with van der Waals surface area (Å²) < 4.78 is 14.5. The maximum atomic E-state index is 5.96. The molecule has 0 aliphatic carbocycles. The van der Waals surface area contributed by atoms with Crippen molar-refractivity contribution in [3.05, 3.63) is 413 Å². The molecular weight excluding hydrogens is 1430 g/mol. The van der Waals surface area contributed by atoms with E-state index < -0.39 is 0 Å². The van der Waals surface area contributed by atoms with Crippen molar-refractivity contribution in [2.45, 2.75) is 0 Å². The lowest BCUT2D eigenvalue weighted by molar-refractivity contribution is 1.07. The van der Waals surface area contributed by atoms with Crippen molar-refractivity contribution >= 4 is 142 Å². The van der Waals surface area contributed by atoms with Gasteiger partial charge in [-0.15, -0.1) is 0 Å². The first-order valence-electron chi connectivity index (χ1n) is 40.4. The minimum Gasteiger partial charge on any atom is -0.309 e. The van der Waals surface area contributed by atoms with Gasteiger partial charge in [0.15, 0.2) is 5.82 Å². The van der Waals surface area contributed by atoms with E-state index in [1.54, 1.807) is 0 Å². The fourth-order valence-electron chi connectivity index (χ4n) is 19.4. The monoisotopic (exact) mass is 1500 g/mol. The predicted octanol–water partition coefficient (Wildman–Crippen LogP) is 28.5. The van der Waals surface area contributed by atoms with E-state index in [2.05, 4.69) is 440 Å². The molecule has 25 aromatic rings. The average Bonchev–Trinajstić information content (AvgIpc) is 1.55. The Hall–Kier alpha value is -15.9. The number of fused-ring (bicyclic) bond motifs is 19. The molecule has 118 heavy (non-hydrogen) atoms. The highest BCUT2D eigenvalue weighted by molar-refractivity contribution is 6.18. The van der Waals surface area contributed by atoms with Gasteiger partial charge in [-0.05, 0) is 208 Å². The normalized spacial score (nSPS) is 12.1. The first kappa shape index (κ1) is 65.6. The van der Waals surface area contributed by atoms with Crippen molar-refractivity contribution in [2.24, 2.45) is 0 Å². The van der Waals surface area contributed by atoms with Crippen molar-refractivity contribution in [3.8, 4) is 90.2 Å². The van der Waals surface area contributed by atoms with Crippen LogP contribution >= 0.6 is 0 Å². The summed E-state index contributed by atoms with van der Waals surface area (Å²) in [7, 11) is 0. The molecule has 0 aliphatic heterocycles. The molecule has 0 N–H and O–H groups in total. The van der Waals surface area contributed by atoms with Crippen LogP contribution in [0.1, 0.15) is 0 Å². The first-order valence-corrected chi connectivity index (χ1v) is 40.4. The van der Waals surface area contributed by atoms with Crippen LogP contribution in [0.2, 0.25) is 0 Å². The zero-order valence-electron chi connectivity index (χ0n) is 63.8. The van der Waals surface area contributed by atoms with Crippen molar-refractivity contribution in [2.75, 3.05) is 0 Å². The summed E-state index contributed by atoms with van der Waals surface area (Å²) in [5.41, 5.74) is 29.7. The minimum atomic E-state index is 0.637. The maximum absolute atomic E-state index is 5.96. The van der Waals surface area contributed by atoms with Crippen LogP contribution in [0.4, 0.5) is 0 Å². The van der Waals surface area contributed by atoms with Crippen molar-refractivity contribution in [1.82, 2.24) is 37.4 Å². The van der Waals surface area contributed by atoms with E-state index in [0.29, 0.717) is 5.82 Å². The third kappa shape index (κ3) is 10.0. The van der Waals surface area contributed by atoms with Gasteiger partial charge in [0.25, 0.3) is 0 Å². The van der Waals surface area contributed by atoms with Crippen LogP contribution in [-0.4, -0.2) is 37.4 Å². The summed E-state index contributed by atoms with van der Waals surface area (Å²) in [5.74, 6) is 1.41. The molecule has 8 nitrogen and oxygen atoms in total. The van der Waals surface area contributed by atoms with Gasteiger partial charge in [-0.2, -0.15) is 0 Å². The van der Waals surface area contributed by atoms with Crippen molar-refractivity contribution < 1.29 is 0 Å². The first-order chi connectivity index (χ1) is 58.5. The number of para-hydroxylation sites is 8. The van der Waals surface area contributed by atoms with Gasteiger partial charge in [0.2, 0.25) is 0 Å². The lowest BCUT2D eigenvalue weighted by atomic mass is 10.00. The summed E-state index contributed by atoms with van der Waals surface area (Å²) in [6, 6.07) is 152. The van der Waals surface area contributed by atoms with Crippen LogP contribution in [0.3, 0.4) is 0 Å². The van der Waals surface area contributed by atoms with Gasteiger partial charge in [0, 0.05) is 104 Å². The Labute approximate surface area is 677 Å². The molecule has 8 heteroatoms. The highest BCUT2D eigenvalue weighted by Crippen LogP contribution is 2.46. The second-order valence-electron chi connectivity index (χ2n) is 31.2. The Bertz CT molecular complexity index is 8040. The zero-order valence-corrected chi connectivity index (χ0v) is 63.8. The van der Waals surface area contributed by atoms with E-state index in [1.807, 2.05) is 0 Å². The van der Waals surface area contributed by atoms with Crippen LogP contribution in [0.15, 0.2) is 413 Å². The van der Waals surface area contributed by atoms with Gasteiger partial charge in [-0.1, -0.05) is 249 Å². The quantitative estimate of drug-likeness (QED) is 0.130. The summed E-state index contributed by atoms with van der Waals surface area (Å²) in [6.07, 6.45) is 0. The van der Waals surface area contributed by atoms with Gasteiger partial charge >= 0.3 is 0 Å². The summed E-state index contributed by atoms with van der Waals surface area (Å²) in [5, 5.41) is 15.1. The predicted molar refractivity (Wildman–Crippen MR) is 493 cm³/mol. The third-order valence-electron chi connectivity index (χ3n) is 24.8. The Morgan fingerprint density at radius 3 is 0.720 bits per heavy atom. The summed E-state index contributed by atoms with van der Waals surface area (Å²) in [4.78, 5) is 11.6. The lowest BCUT2D eigenvalue weighted by Gasteiger charge is -2.16. The second kappa shape index (κ2) is 25.8. The number of hydrogen-bond donors (Lipinski definition) is 0. The standard InChI is InChI=1S/C110H68N8/c1-6-24-69(25-7-1)109-111-96-55-50-82(117-105-64-74(70-46-56-101-91(60-70)83-34-16-20-38-97(83)113(101)78-26-8-2-9-27-78)42-51-87(105)88-52-43-75(65-106(88)117)71-47-57-102-92(61-71)84-35-17-21-39-98(84)114(102)79-28-10-3-11-29-79)68-95(96)110(112-109)118-107-66-76(72-48-58-103-93(62-72)85-36-18-22-40-99(85)115(103)80-30-12-4-13-31-80)44-53-89(107)90-54-45-77(67-108(90)118)73-49-59-104-94(63-73)86-37-19-23-41-100(86)116(104)81-32-14-5-15-33-81/h1-68H. The molecule has 0 bridgehead atoms. The number of rotatable bonds is 11. The van der Waals surface area contributed by atoms with E-state index in [0.717, 1.165) is 161 Å². The number of nitrogens with zero attached hydrogens (tertiary/aromatic N) is 8. The van der Waals surface area contributed by atoms with Crippen molar-refractivity contribution in [3.63, 3.8) is 0 Å². The van der Waals surface area contributed by atoms with Gasteiger partial charge in [0.05, 0.1) is 71.7 Å². The molecule has 548 valence electrons. The Balaban J connectivity index is 0.739. The van der Waals surface area contributed by atoms with Crippen LogP contribution in [0.5, 0.6) is 0 Å². The molecular formula is C110H68N8. The maximum Gasteiger partial charge on any atom is 0.162 e. The molecule has 25 rings (SSSR count). The average molecular weight is 1500 g/mol. The van der Waals surface area contributed by atoms with Gasteiger partial charge < -0.3 is 22.8 Å². The molecule has 0 fully saturated rings. The molecule has 0 saturated heterocycles. The van der Waals surface area contributed by atoms with Crippen LogP contribution < -0.4 is 0 Å². The van der Waals surface area contributed by atoms with Crippen LogP contribution in [-0.2, 0) is 0 Å². The molecule has 7 heterocycles. The van der Waals surface area contributed by atoms with E-state index in [4.69, 9.17) is 9.97 Å². The van der Waals surface area contributed by atoms with Crippen molar-refractivity contribution in [1.29, 1.82) is 0 Å². The van der Waals surface area contributed by atoms with E-state index in [-0.39, 0.29) is 0 Å².